The fourth-order valence-corrected chi connectivity index (χ4v) is 3.83. The van der Waals surface area contributed by atoms with Gasteiger partial charge in [-0.05, 0) is 36.8 Å². The summed E-state index contributed by atoms with van der Waals surface area (Å²) in [6.45, 7) is 1.99. The molecule has 2 rings (SSSR count). The number of aliphatic hydroxyl groups excluding tert-OH is 1. The fraction of sp³-hybridized carbons (Fsp3) is 0.471. The van der Waals surface area contributed by atoms with E-state index in [9.17, 15) is 4.79 Å². The molecule has 2 unspecified atom stereocenters. The van der Waals surface area contributed by atoms with Gasteiger partial charge in [-0.1, -0.05) is 31.3 Å². The number of carbonyl (C=O) groups excluding carboxylic acids is 1. The van der Waals surface area contributed by atoms with Crippen molar-refractivity contribution in [3.63, 3.8) is 0 Å². The third kappa shape index (κ3) is 4.52. The van der Waals surface area contributed by atoms with Crippen molar-refractivity contribution in [3.8, 4) is 11.8 Å². The number of hydrogen-bond acceptors (Lipinski definition) is 3. The van der Waals surface area contributed by atoms with E-state index in [2.05, 4.69) is 24.1 Å². The lowest BCUT2D eigenvalue weighted by Crippen LogP contribution is -2.38. The van der Waals surface area contributed by atoms with Gasteiger partial charge in [0, 0.05) is 22.4 Å². The highest BCUT2D eigenvalue weighted by Gasteiger charge is 2.28. The Kier molecular flexibility index (Phi) is 6.16. The van der Waals surface area contributed by atoms with Crippen LogP contribution in [-0.4, -0.2) is 34.7 Å². The zero-order chi connectivity index (χ0) is 15.1. The van der Waals surface area contributed by atoms with Crippen LogP contribution in [0.15, 0.2) is 24.3 Å². The van der Waals surface area contributed by atoms with Crippen molar-refractivity contribution < 1.29 is 9.90 Å². The molecule has 0 spiro atoms. The zero-order valence-corrected chi connectivity index (χ0v) is 13.1. The minimum Gasteiger partial charge on any atom is -0.384 e. The molecule has 0 bridgehead atoms. The van der Waals surface area contributed by atoms with Crippen LogP contribution >= 0.6 is 11.8 Å². The van der Waals surface area contributed by atoms with Gasteiger partial charge in [-0.25, -0.2) is 0 Å². The average Bonchev–Trinajstić information content (AvgIpc) is 2.93. The summed E-state index contributed by atoms with van der Waals surface area (Å²) in [6.07, 6.45) is 3.43. The molecule has 112 valence electrons. The third-order valence-corrected chi connectivity index (χ3v) is 4.91. The topological polar surface area (TPSA) is 49.3 Å². The van der Waals surface area contributed by atoms with E-state index in [1.165, 1.54) is 12.8 Å². The molecular weight excluding hydrogens is 282 g/mol. The summed E-state index contributed by atoms with van der Waals surface area (Å²) >= 11 is 1.93. The number of rotatable bonds is 4. The first kappa shape index (κ1) is 15.9. The largest absolute Gasteiger partial charge is 0.384 e. The minimum atomic E-state index is -0.172. The number of benzene rings is 1. The summed E-state index contributed by atoms with van der Waals surface area (Å²) in [4.78, 5) is 12.4. The maximum absolute atomic E-state index is 12.4. The second kappa shape index (κ2) is 8.11. The molecule has 2 N–H and O–H groups in total. The van der Waals surface area contributed by atoms with Crippen LogP contribution in [0.25, 0.3) is 0 Å². The van der Waals surface area contributed by atoms with Crippen LogP contribution in [0.5, 0.6) is 0 Å². The lowest BCUT2D eigenvalue weighted by atomic mass is 10.1. The van der Waals surface area contributed by atoms with Crippen LogP contribution in [-0.2, 0) is 0 Å². The molecule has 4 heteroatoms. The van der Waals surface area contributed by atoms with Gasteiger partial charge in [0.25, 0.3) is 5.91 Å². The molecule has 3 nitrogen and oxygen atoms in total. The number of aliphatic hydroxyl groups is 1. The first-order valence-corrected chi connectivity index (χ1v) is 8.41. The Hall–Kier alpha value is -1.44. The number of thioether (sulfide) groups is 1. The van der Waals surface area contributed by atoms with E-state index in [-0.39, 0.29) is 18.6 Å². The predicted octanol–water partition coefficient (Wildman–Crippen LogP) is 2.43. The second-order valence-corrected chi connectivity index (χ2v) is 6.56. The predicted molar refractivity (Wildman–Crippen MR) is 87.4 cm³/mol. The number of hydrogen-bond donors (Lipinski definition) is 2. The summed E-state index contributed by atoms with van der Waals surface area (Å²) in [5.41, 5.74) is 1.38. The normalized spacial score (nSPS) is 20.7. The summed E-state index contributed by atoms with van der Waals surface area (Å²) in [6, 6.07) is 7.51. The van der Waals surface area contributed by atoms with Crippen LogP contribution in [0.3, 0.4) is 0 Å². The molecule has 21 heavy (non-hydrogen) atoms. The molecule has 1 fully saturated rings. The lowest BCUT2D eigenvalue weighted by Gasteiger charge is -2.20. The van der Waals surface area contributed by atoms with Gasteiger partial charge in [-0.3, -0.25) is 4.79 Å². The number of carbonyl (C=O) groups is 1. The maximum Gasteiger partial charge on any atom is 0.251 e. The smallest absolute Gasteiger partial charge is 0.251 e. The number of amides is 1. The molecule has 1 aromatic carbocycles. The molecule has 1 amide bonds. The van der Waals surface area contributed by atoms with E-state index in [1.807, 2.05) is 23.9 Å². The molecule has 1 aromatic rings. The van der Waals surface area contributed by atoms with E-state index in [4.69, 9.17) is 5.11 Å². The Morgan fingerprint density at radius 2 is 2.33 bits per heavy atom. The van der Waals surface area contributed by atoms with Gasteiger partial charge in [0.1, 0.15) is 6.61 Å². The van der Waals surface area contributed by atoms with Crippen LogP contribution in [0.4, 0.5) is 0 Å². The monoisotopic (exact) mass is 303 g/mol. The van der Waals surface area contributed by atoms with E-state index in [0.29, 0.717) is 10.8 Å². The fourth-order valence-electron chi connectivity index (χ4n) is 2.64. The number of nitrogens with one attached hydrogen (secondary N) is 1. The van der Waals surface area contributed by atoms with Crippen molar-refractivity contribution in [3.05, 3.63) is 35.4 Å². The van der Waals surface area contributed by atoms with Gasteiger partial charge in [0.2, 0.25) is 0 Å². The Morgan fingerprint density at radius 1 is 1.48 bits per heavy atom. The van der Waals surface area contributed by atoms with Crippen molar-refractivity contribution in [1.29, 1.82) is 0 Å². The Balaban J connectivity index is 2.03. The van der Waals surface area contributed by atoms with E-state index < -0.39 is 0 Å². The van der Waals surface area contributed by atoms with Gasteiger partial charge in [0.05, 0.1) is 0 Å². The molecule has 1 saturated carbocycles. The Bertz CT molecular complexity index is 547. The highest BCUT2D eigenvalue weighted by molar-refractivity contribution is 7.99. The molecular formula is C17H21NO2S. The lowest BCUT2D eigenvalue weighted by molar-refractivity contribution is 0.0938. The quantitative estimate of drug-likeness (QED) is 0.840. The molecule has 0 radical (unpaired) electrons. The summed E-state index contributed by atoms with van der Waals surface area (Å²) in [5, 5.41) is 12.4. The molecule has 0 heterocycles. The third-order valence-electron chi connectivity index (χ3n) is 3.59. The molecule has 1 aliphatic carbocycles. The van der Waals surface area contributed by atoms with Gasteiger partial charge in [-0.2, -0.15) is 11.8 Å². The van der Waals surface area contributed by atoms with Crippen molar-refractivity contribution in [1.82, 2.24) is 5.32 Å². The van der Waals surface area contributed by atoms with E-state index in [1.54, 1.807) is 12.1 Å². The molecule has 1 aliphatic rings. The standard InChI is InChI=1S/C17H21NO2S/c1-2-21-16-10-4-9-15(16)18-17(20)14-8-3-6-13(12-14)7-5-11-19/h3,6,8,12,15-16,19H,2,4,9-11H2,1H3,(H,18,20). The van der Waals surface area contributed by atoms with E-state index in [0.717, 1.165) is 17.7 Å². The van der Waals surface area contributed by atoms with Gasteiger partial charge >= 0.3 is 0 Å². The van der Waals surface area contributed by atoms with Crippen LogP contribution in [0.2, 0.25) is 0 Å². The SMILES string of the molecule is CCSC1CCCC1NC(=O)c1cccc(C#CCO)c1. The maximum atomic E-state index is 12.4. The van der Waals surface area contributed by atoms with Crippen LogP contribution in [0, 0.1) is 11.8 Å². The summed E-state index contributed by atoms with van der Waals surface area (Å²) in [7, 11) is 0. The van der Waals surface area contributed by atoms with Crippen LogP contribution < -0.4 is 5.32 Å². The van der Waals surface area contributed by atoms with Crippen molar-refractivity contribution in [2.24, 2.45) is 0 Å². The zero-order valence-electron chi connectivity index (χ0n) is 12.3. The highest BCUT2D eigenvalue weighted by Crippen LogP contribution is 2.30. The molecule has 0 aliphatic heterocycles. The molecule has 0 aromatic heterocycles. The van der Waals surface area contributed by atoms with E-state index >= 15 is 0 Å². The summed E-state index contributed by atoms with van der Waals surface area (Å²) in [5.74, 6) is 6.48. The van der Waals surface area contributed by atoms with Gasteiger partial charge < -0.3 is 10.4 Å². The highest BCUT2D eigenvalue weighted by atomic mass is 32.2. The minimum absolute atomic E-state index is 0.0312. The van der Waals surface area contributed by atoms with Gasteiger partial charge in [0.15, 0.2) is 0 Å². The van der Waals surface area contributed by atoms with Crippen molar-refractivity contribution >= 4 is 17.7 Å². The summed E-state index contributed by atoms with van der Waals surface area (Å²) < 4.78 is 0. The first-order valence-electron chi connectivity index (χ1n) is 7.37. The Morgan fingerprint density at radius 3 is 3.10 bits per heavy atom. The molecule has 0 saturated heterocycles. The van der Waals surface area contributed by atoms with Crippen LogP contribution in [0.1, 0.15) is 42.1 Å². The van der Waals surface area contributed by atoms with Crippen molar-refractivity contribution in [2.45, 2.75) is 37.5 Å². The first-order chi connectivity index (χ1) is 10.2. The van der Waals surface area contributed by atoms with Crippen molar-refractivity contribution in [2.75, 3.05) is 12.4 Å². The average molecular weight is 303 g/mol. The van der Waals surface area contributed by atoms with Gasteiger partial charge in [-0.15, -0.1) is 0 Å². The Labute approximate surface area is 130 Å². The second-order valence-electron chi connectivity index (χ2n) is 5.05. The molecule has 2 atom stereocenters.